The van der Waals surface area contributed by atoms with Crippen LogP contribution < -0.4 is 10.6 Å². The van der Waals surface area contributed by atoms with E-state index >= 15 is 0 Å². The first kappa shape index (κ1) is 15.8. The normalized spacial score (nSPS) is 11.7. The molecule has 0 bridgehead atoms. The molecule has 108 valence electrons. The summed E-state index contributed by atoms with van der Waals surface area (Å²) in [5, 5.41) is 0. The second kappa shape index (κ2) is 6.77. The molecule has 1 aromatic carbocycles. The van der Waals surface area contributed by atoms with E-state index in [0.29, 0.717) is 31.7 Å². The van der Waals surface area contributed by atoms with E-state index in [2.05, 4.69) is 0 Å². The van der Waals surface area contributed by atoms with Crippen LogP contribution in [0.1, 0.15) is 11.1 Å². The van der Waals surface area contributed by atoms with Crippen LogP contribution in [-0.2, 0) is 17.3 Å². The number of methoxy groups -OCH3 is 1. The predicted octanol–water partition coefficient (Wildman–Crippen LogP) is 2.29. The first-order valence-electron chi connectivity index (χ1n) is 6.00. The quantitative estimate of drug-likeness (QED) is 0.866. The molecule has 0 aliphatic carbocycles. The summed E-state index contributed by atoms with van der Waals surface area (Å²) in [6.07, 6.45) is -3.94. The molecule has 0 heterocycles. The van der Waals surface area contributed by atoms with Crippen LogP contribution in [0.2, 0.25) is 0 Å². The van der Waals surface area contributed by atoms with Crippen LogP contribution in [-0.4, -0.2) is 33.9 Å². The molecule has 19 heavy (non-hydrogen) atoms. The number of halogens is 3. The van der Waals surface area contributed by atoms with Crippen molar-refractivity contribution in [3.05, 3.63) is 29.3 Å². The zero-order valence-electron chi connectivity index (χ0n) is 11.1. The number of hydrogen-bond acceptors (Lipinski definition) is 3. The third-order valence-corrected chi connectivity index (χ3v) is 2.84. The Hall–Kier alpha value is -1.27. The maximum absolute atomic E-state index is 13.1. The van der Waals surface area contributed by atoms with Gasteiger partial charge in [-0.25, -0.2) is 0 Å². The number of hydrogen-bond donors (Lipinski definition) is 1. The zero-order chi connectivity index (χ0) is 14.5. The molecule has 0 amide bonds. The highest BCUT2D eigenvalue weighted by Gasteiger charge is 2.34. The smallest absolute Gasteiger partial charge is 0.383 e. The highest BCUT2D eigenvalue weighted by Crippen LogP contribution is 2.36. The first-order chi connectivity index (χ1) is 8.90. The van der Waals surface area contributed by atoms with Gasteiger partial charge in [0.25, 0.3) is 0 Å². The first-order valence-corrected chi connectivity index (χ1v) is 6.00. The number of rotatable bonds is 6. The fourth-order valence-electron chi connectivity index (χ4n) is 1.81. The van der Waals surface area contributed by atoms with Gasteiger partial charge in [-0.1, -0.05) is 6.07 Å². The summed E-state index contributed by atoms with van der Waals surface area (Å²) in [7, 11) is 3.13. The van der Waals surface area contributed by atoms with Gasteiger partial charge in [0.2, 0.25) is 0 Å². The van der Waals surface area contributed by atoms with E-state index in [4.69, 9.17) is 10.5 Å². The van der Waals surface area contributed by atoms with Gasteiger partial charge in [-0.2, -0.15) is 13.2 Å². The number of likely N-dealkylation sites (N-methyl/N-ethyl adjacent to an activating group) is 1. The molecule has 0 atom stereocenters. The summed E-state index contributed by atoms with van der Waals surface area (Å²) in [6, 6.07) is 4.34. The molecule has 0 aliphatic heterocycles. The van der Waals surface area contributed by atoms with Crippen LogP contribution in [0, 0.1) is 0 Å². The van der Waals surface area contributed by atoms with Crippen LogP contribution in [0.5, 0.6) is 0 Å². The molecule has 6 heteroatoms. The van der Waals surface area contributed by atoms with Gasteiger partial charge in [-0.3, -0.25) is 0 Å². The van der Waals surface area contributed by atoms with Gasteiger partial charge in [0.05, 0.1) is 12.2 Å². The lowest BCUT2D eigenvalue weighted by Gasteiger charge is -2.24. The third-order valence-electron chi connectivity index (χ3n) is 2.84. The van der Waals surface area contributed by atoms with Crippen molar-refractivity contribution >= 4 is 5.69 Å². The monoisotopic (exact) mass is 276 g/mol. The maximum atomic E-state index is 13.1. The molecule has 0 aliphatic rings. The minimum Gasteiger partial charge on any atom is -0.383 e. The molecule has 0 unspecified atom stereocenters. The Kier molecular flexibility index (Phi) is 5.62. The van der Waals surface area contributed by atoms with Crippen molar-refractivity contribution in [3.8, 4) is 0 Å². The van der Waals surface area contributed by atoms with Gasteiger partial charge in [0, 0.05) is 26.4 Å². The Labute approximate surface area is 111 Å². The highest BCUT2D eigenvalue weighted by atomic mass is 19.4. The van der Waals surface area contributed by atoms with Gasteiger partial charge in [-0.05, 0) is 30.7 Å². The molecule has 0 radical (unpaired) electrons. The van der Waals surface area contributed by atoms with Gasteiger partial charge >= 0.3 is 6.18 Å². The number of anilines is 1. The summed E-state index contributed by atoms with van der Waals surface area (Å²) >= 11 is 0. The van der Waals surface area contributed by atoms with Crippen molar-refractivity contribution in [2.75, 3.05) is 38.8 Å². The fourth-order valence-corrected chi connectivity index (χ4v) is 1.81. The SMILES string of the molecule is COCCN(C)c1ccc(CCN)cc1C(F)(F)F. The van der Waals surface area contributed by atoms with Crippen molar-refractivity contribution in [2.24, 2.45) is 5.73 Å². The molecular weight excluding hydrogens is 257 g/mol. The molecule has 0 saturated heterocycles. The van der Waals surface area contributed by atoms with Crippen LogP contribution in [0.4, 0.5) is 18.9 Å². The van der Waals surface area contributed by atoms with E-state index in [1.165, 1.54) is 19.2 Å². The van der Waals surface area contributed by atoms with Gasteiger partial charge in [0.1, 0.15) is 0 Å². The van der Waals surface area contributed by atoms with Crippen molar-refractivity contribution in [1.82, 2.24) is 0 Å². The van der Waals surface area contributed by atoms with Crippen molar-refractivity contribution in [2.45, 2.75) is 12.6 Å². The second-order valence-electron chi connectivity index (χ2n) is 4.30. The Bertz CT molecular complexity index is 407. The lowest BCUT2D eigenvalue weighted by atomic mass is 10.0. The number of alkyl halides is 3. The lowest BCUT2D eigenvalue weighted by molar-refractivity contribution is -0.137. The van der Waals surface area contributed by atoms with E-state index in [0.717, 1.165) is 0 Å². The molecule has 0 saturated carbocycles. The standard InChI is InChI=1S/C13H19F3N2O/c1-18(7-8-19-2)12-4-3-10(5-6-17)9-11(12)13(14,15)16/h3-4,9H,5-8,17H2,1-2H3. The third kappa shape index (κ3) is 4.40. The number of ether oxygens (including phenoxy) is 1. The van der Waals surface area contributed by atoms with E-state index in [9.17, 15) is 13.2 Å². The predicted molar refractivity (Wildman–Crippen MR) is 69.3 cm³/mol. The minimum atomic E-state index is -4.37. The number of nitrogens with two attached hydrogens (primary N) is 1. The van der Waals surface area contributed by atoms with Crippen molar-refractivity contribution in [3.63, 3.8) is 0 Å². The molecule has 3 nitrogen and oxygen atoms in total. The molecular formula is C13H19F3N2O. The molecule has 0 aromatic heterocycles. The summed E-state index contributed by atoms with van der Waals surface area (Å²) in [5.74, 6) is 0. The highest BCUT2D eigenvalue weighted by molar-refractivity contribution is 5.56. The second-order valence-corrected chi connectivity index (χ2v) is 4.30. The average molecular weight is 276 g/mol. The van der Waals surface area contributed by atoms with E-state index < -0.39 is 11.7 Å². The van der Waals surface area contributed by atoms with Crippen molar-refractivity contribution in [1.29, 1.82) is 0 Å². The zero-order valence-corrected chi connectivity index (χ0v) is 11.1. The molecule has 0 spiro atoms. The van der Waals surface area contributed by atoms with Gasteiger partial charge in [-0.15, -0.1) is 0 Å². The van der Waals surface area contributed by atoms with E-state index in [1.54, 1.807) is 18.0 Å². The van der Waals surface area contributed by atoms with Crippen LogP contribution in [0.3, 0.4) is 0 Å². The van der Waals surface area contributed by atoms with Gasteiger partial charge < -0.3 is 15.4 Å². The van der Waals surface area contributed by atoms with Crippen LogP contribution in [0.15, 0.2) is 18.2 Å². The van der Waals surface area contributed by atoms with E-state index in [-0.39, 0.29) is 5.69 Å². The fraction of sp³-hybridized carbons (Fsp3) is 0.538. The average Bonchev–Trinajstić information content (AvgIpc) is 2.35. The Morgan fingerprint density at radius 1 is 1.32 bits per heavy atom. The summed E-state index contributed by atoms with van der Waals surface area (Å²) in [4.78, 5) is 1.54. The lowest BCUT2D eigenvalue weighted by Crippen LogP contribution is -2.25. The van der Waals surface area contributed by atoms with Crippen LogP contribution >= 0.6 is 0 Å². The minimum absolute atomic E-state index is 0.158. The Morgan fingerprint density at radius 3 is 2.53 bits per heavy atom. The Balaban J connectivity index is 3.08. The van der Waals surface area contributed by atoms with Crippen molar-refractivity contribution < 1.29 is 17.9 Å². The summed E-state index contributed by atoms with van der Waals surface area (Å²) in [5.41, 5.74) is 5.50. The molecule has 1 rings (SSSR count). The van der Waals surface area contributed by atoms with E-state index in [1.807, 2.05) is 0 Å². The number of benzene rings is 1. The molecule has 0 fully saturated rings. The topological polar surface area (TPSA) is 38.5 Å². The van der Waals surface area contributed by atoms with Gasteiger partial charge in [0.15, 0.2) is 0 Å². The van der Waals surface area contributed by atoms with Crippen LogP contribution in [0.25, 0.3) is 0 Å². The molecule has 1 aromatic rings. The maximum Gasteiger partial charge on any atom is 0.418 e. The summed E-state index contributed by atoms with van der Waals surface area (Å²) in [6.45, 7) is 1.10. The molecule has 2 N–H and O–H groups in total. The summed E-state index contributed by atoms with van der Waals surface area (Å²) < 4.78 is 44.1. The largest absolute Gasteiger partial charge is 0.418 e. The number of nitrogens with zero attached hydrogens (tertiary/aromatic N) is 1. The Morgan fingerprint density at radius 2 is 2.00 bits per heavy atom.